The predicted octanol–water partition coefficient (Wildman–Crippen LogP) is 1.50. The molecular formula is C13H15N3O3S. The molecule has 0 spiro atoms. The number of aromatic nitrogens is 2. The highest BCUT2D eigenvalue weighted by Crippen LogP contribution is 2.29. The number of nitrogens with one attached hydrogen (secondary N) is 1. The second-order valence-electron chi connectivity index (χ2n) is 4.81. The second-order valence-corrected chi connectivity index (χ2v) is 5.59. The minimum absolute atomic E-state index is 0.0323. The number of amides is 1. The summed E-state index contributed by atoms with van der Waals surface area (Å²) in [6.07, 6.45) is 2.96. The van der Waals surface area contributed by atoms with Gasteiger partial charge in [0.25, 0.3) is 0 Å². The first-order chi connectivity index (χ1) is 9.78. The number of hydrogen-bond acceptors (Lipinski definition) is 6. The Morgan fingerprint density at radius 1 is 1.45 bits per heavy atom. The van der Waals surface area contributed by atoms with Gasteiger partial charge in [-0.05, 0) is 22.4 Å². The number of carbonyl (C=O) groups is 1. The molecule has 0 bridgehead atoms. The van der Waals surface area contributed by atoms with Gasteiger partial charge in [0, 0.05) is 26.1 Å². The van der Waals surface area contributed by atoms with Crippen LogP contribution in [0.4, 0.5) is 0 Å². The summed E-state index contributed by atoms with van der Waals surface area (Å²) < 4.78 is 10.2. The summed E-state index contributed by atoms with van der Waals surface area (Å²) >= 11 is 1.58. The number of rotatable bonds is 4. The van der Waals surface area contributed by atoms with Crippen molar-refractivity contribution in [3.8, 4) is 0 Å². The average molecular weight is 293 g/mol. The molecule has 0 unspecified atom stereocenters. The molecule has 1 aliphatic rings. The van der Waals surface area contributed by atoms with Crippen molar-refractivity contribution in [3.63, 3.8) is 0 Å². The zero-order valence-electron chi connectivity index (χ0n) is 10.9. The average Bonchev–Trinajstić information content (AvgIpc) is 3.12. The second kappa shape index (κ2) is 5.72. The molecule has 3 heterocycles. The first-order valence-corrected chi connectivity index (χ1v) is 7.39. The maximum absolute atomic E-state index is 12.2. The third kappa shape index (κ3) is 2.73. The van der Waals surface area contributed by atoms with Crippen LogP contribution in [0.25, 0.3) is 0 Å². The Balaban J connectivity index is 1.75. The molecule has 0 aliphatic carbocycles. The summed E-state index contributed by atoms with van der Waals surface area (Å²) in [5, 5.41) is 10.9. The van der Waals surface area contributed by atoms with Gasteiger partial charge in [0.15, 0.2) is 5.82 Å². The van der Waals surface area contributed by atoms with Gasteiger partial charge in [0.2, 0.25) is 12.3 Å². The van der Waals surface area contributed by atoms with E-state index in [4.69, 9.17) is 9.26 Å². The lowest BCUT2D eigenvalue weighted by atomic mass is 9.89. The molecule has 1 saturated heterocycles. The Bertz CT molecular complexity index is 547. The van der Waals surface area contributed by atoms with Crippen LogP contribution in [0, 0.1) is 0 Å². The fraction of sp³-hybridized carbons (Fsp3) is 0.462. The third-order valence-electron chi connectivity index (χ3n) is 3.46. The Hall–Kier alpha value is -1.73. The lowest BCUT2D eigenvalue weighted by Crippen LogP contribution is -2.50. The first kappa shape index (κ1) is 13.3. The Labute approximate surface area is 120 Å². The predicted molar refractivity (Wildman–Crippen MR) is 72.2 cm³/mol. The van der Waals surface area contributed by atoms with Crippen LogP contribution >= 0.6 is 11.3 Å². The molecule has 1 aliphatic heterocycles. The van der Waals surface area contributed by atoms with Crippen molar-refractivity contribution in [2.45, 2.75) is 24.8 Å². The van der Waals surface area contributed by atoms with Crippen molar-refractivity contribution in [2.24, 2.45) is 0 Å². The summed E-state index contributed by atoms with van der Waals surface area (Å²) in [6, 6.07) is 1.95. The summed E-state index contributed by atoms with van der Waals surface area (Å²) in [7, 11) is 0. The minimum Gasteiger partial charge on any atom is -0.381 e. The van der Waals surface area contributed by atoms with Gasteiger partial charge in [-0.2, -0.15) is 16.3 Å². The van der Waals surface area contributed by atoms with Gasteiger partial charge in [-0.1, -0.05) is 5.16 Å². The maximum atomic E-state index is 12.2. The van der Waals surface area contributed by atoms with Crippen molar-refractivity contribution in [1.82, 2.24) is 15.5 Å². The highest BCUT2D eigenvalue weighted by atomic mass is 32.1. The molecule has 7 heteroatoms. The zero-order chi connectivity index (χ0) is 13.8. The van der Waals surface area contributed by atoms with Crippen molar-refractivity contribution in [2.75, 3.05) is 13.2 Å². The standard InChI is InChI=1S/C13H15N3O3S/c17-11(7-10-1-6-20-8-10)15-13(2-4-18-5-3-13)12-14-9-19-16-12/h1,6,8-9H,2-5,7H2,(H,15,17). The quantitative estimate of drug-likeness (QED) is 0.924. The van der Waals surface area contributed by atoms with Gasteiger partial charge >= 0.3 is 0 Å². The molecule has 2 aromatic rings. The fourth-order valence-corrected chi connectivity index (χ4v) is 3.06. The van der Waals surface area contributed by atoms with Gasteiger partial charge in [-0.25, -0.2) is 0 Å². The molecule has 0 atom stereocenters. The van der Waals surface area contributed by atoms with Gasteiger partial charge in [-0.15, -0.1) is 0 Å². The van der Waals surface area contributed by atoms with Gasteiger partial charge in [0.1, 0.15) is 5.54 Å². The SMILES string of the molecule is O=C(Cc1ccsc1)NC1(c2ncon2)CCOCC1. The van der Waals surface area contributed by atoms with Crippen LogP contribution in [-0.4, -0.2) is 29.3 Å². The van der Waals surface area contributed by atoms with E-state index in [-0.39, 0.29) is 5.91 Å². The zero-order valence-corrected chi connectivity index (χ0v) is 11.7. The topological polar surface area (TPSA) is 77.3 Å². The summed E-state index contributed by atoms with van der Waals surface area (Å²) in [5.74, 6) is 0.495. The molecule has 106 valence electrons. The van der Waals surface area contributed by atoms with Crippen LogP contribution in [0.5, 0.6) is 0 Å². The van der Waals surface area contributed by atoms with E-state index in [0.717, 1.165) is 5.56 Å². The molecule has 20 heavy (non-hydrogen) atoms. The molecule has 0 radical (unpaired) electrons. The van der Waals surface area contributed by atoms with Crippen LogP contribution in [0.2, 0.25) is 0 Å². The molecular weight excluding hydrogens is 278 g/mol. The van der Waals surface area contributed by atoms with Crippen molar-refractivity contribution >= 4 is 17.2 Å². The van der Waals surface area contributed by atoms with Crippen LogP contribution in [0.3, 0.4) is 0 Å². The first-order valence-electron chi connectivity index (χ1n) is 6.45. The number of carbonyl (C=O) groups excluding carboxylic acids is 1. The largest absolute Gasteiger partial charge is 0.381 e. The Morgan fingerprint density at radius 3 is 2.95 bits per heavy atom. The molecule has 0 saturated carbocycles. The van der Waals surface area contributed by atoms with Crippen molar-refractivity contribution in [1.29, 1.82) is 0 Å². The molecule has 2 aromatic heterocycles. The lowest BCUT2D eigenvalue weighted by molar-refractivity contribution is -0.124. The van der Waals surface area contributed by atoms with Crippen molar-refractivity contribution in [3.05, 3.63) is 34.6 Å². The molecule has 6 nitrogen and oxygen atoms in total. The van der Waals surface area contributed by atoms with Crippen LogP contribution in [0.1, 0.15) is 24.2 Å². The molecule has 3 rings (SSSR count). The van der Waals surface area contributed by atoms with E-state index in [1.807, 2.05) is 16.8 Å². The van der Waals surface area contributed by atoms with E-state index in [1.54, 1.807) is 11.3 Å². The number of thiophene rings is 1. The Morgan fingerprint density at radius 2 is 2.30 bits per heavy atom. The van der Waals surface area contributed by atoms with Crippen molar-refractivity contribution < 1.29 is 14.1 Å². The summed E-state index contributed by atoms with van der Waals surface area (Å²) in [5.41, 5.74) is 0.445. The number of hydrogen-bond donors (Lipinski definition) is 1. The number of ether oxygens (including phenoxy) is 1. The van der Waals surface area contributed by atoms with Crippen LogP contribution in [0.15, 0.2) is 27.7 Å². The summed E-state index contributed by atoms with van der Waals surface area (Å²) in [6.45, 7) is 1.15. The monoisotopic (exact) mass is 293 g/mol. The van der Waals surface area contributed by atoms with Crippen LogP contribution < -0.4 is 5.32 Å². The molecule has 1 amide bonds. The van der Waals surface area contributed by atoms with Gasteiger partial charge in [-0.3, -0.25) is 4.79 Å². The van der Waals surface area contributed by atoms with E-state index in [9.17, 15) is 4.79 Å². The van der Waals surface area contributed by atoms with Crippen LogP contribution in [-0.2, 0) is 21.5 Å². The van der Waals surface area contributed by atoms with Gasteiger partial charge in [0.05, 0.1) is 6.42 Å². The van der Waals surface area contributed by atoms with E-state index in [1.165, 1.54) is 6.39 Å². The molecule has 1 N–H and O–H groups in total. The highest BCUT2D eigenvalue weighted by molar-refractivity contribution is 7.07. The minimum atomic E-state index is -0.571. The molecule has 1 fully saturated rings. The fourth-order valence-electron chi connectivity index (χ4n) is 2.40. The number of nitrogens with zero attached hydrogens (tertiary/aromatic N) is 2. The maximum Gasteiger partial charge on any atom is 0.225 e. The third-order valence-corrected chi connectivity index (χ3v) is 4.19. The van der Waals surface area contributed by atoms with E-state index in [2.05, 4.69) is 15.5 Å². The molecule has 0 aromatic carbocycles. The smallest absolute Gasteiger partial charge is 0.225 e. The Kier molecular flexibility index (Phi) is 3.79. The van der Waals surface area contributed by atoms with E-state index in [0.29, 0.717) is 38.3 Å². The van der Waals surface area contributed by atoms with E-state index >= 15 is 0 Å². The van der Waals surface area contributed by atoms with Gasteiger partial charge < -0.3 is 14.6 Å². The normalized spacial score (nSPS) is 17.8. The summed E-state index contributed by atoms with van der Waals surface area (Å²) in [4.78, 5) is 16.4. The highest BCUT2D eigenvalue weighted by Gasteiger charge is 2.39. The van der Waals surface area contributed by atoms with E-state index < -0.39 is 5.54 Å². The lowest BCUT2D eigenvalue weighted by Gasteiger charge is -2.35.